The average Bonchev–Trinajstić information content (AvgIpc) is 2.41. The summed E-state index contributed by atoms with van der Waals surface area (Å²) in [5.41, 5.74) is 5.60. The van der Waals surface area contributed by atoms with E-state index in [1.807, 2.05) is 11.8 Å². The molecular weight excluding hydrogens is 248 g/mol. The standard InChI is InChI=1S/C12H20N4OS/c1-18-12(5-3-2-4-6-12)7-14-10-9(13)11(17)16-8-15-10/h8H,2-7,13H2,1H3,(H2,14,15,16,17). The van der Waals surface area contributed by atoms with Crippen molar-refractivity contribution in [1.29, 1.82) is 0 Å². The first-order valence-corrected chi connectivity index (χ1v) is 7.51. The van der Waals surface area contributed by atoms with Crippen LogP contribution >= 0.6 is 11.8 Å². The quantitative estimate of drug-likeness (QED) is 0.776. The molecule has 0 bridgehead atoms. The Bertz CT molecular complexity index is 454. The van der Waals surface area contributed by atoms with Crippen LogP contribution in [0.25, 0.3) is 0 Å². The third-order valence-corrected chi connectivity index (χ3v) is 5.08. The van der Waals surface area contributed by atoms with E-state index in [-0.39, 0.29) is 16.0 Å². The first kappa shape index (κ1) is 13.3. The third-order valence-electron chi connectivity index (χ3n) is 3.66. The van der Waals surface area contributed by atoms with Gasteiger partial charge in [0.2, 0.25) is 0 Å². The molecule has 1 aromatic rings. The van der Waals surface area contributed by atoms with Crippen molar-refractivity contribution in [2.24, 2.45) is 0 Å². The maximum absolute atomic E-state index is 11.4. The molecule has 100 valence electrons. The van der Waals surface area contributed by atoms with Crippen LogP contribution in [0.2, 0.25) is 0 Å². The van der Waals surface area contributed by atoms with Gasteiger partial charge in [-0.3, -0.25) is 4.79 Å². The molecule has 0 amide bonds. The van der Waals surface area contributed by atoms with E-state index >= 15 is 0 Å². The van der Waals surface area contributed by atoms with Crippen LogP contribution in [-0.4, -0.2) is 27.5 Å². The van der Waals surface area contributed by atoms with Crippen LogP contribution in [0.15, 0.2) is 11.1 Å². The second-order valence-corrected chi connectivity index (χ2v) is 6.07. The summed E-state index contributed by atoms with van der Waals surface area (Å²) in [5.74, 6) is 0.498. The fourth-order valence-electron chi connectivity index (χ4n) is 2.45. The van der Waals surface area contributed by atoms with E-state index in [0.717, 1.165) is 6.54 Å². The Kier molecular flexibility index (Phi) is 4.16. The van der Waals surface area contributed by atoms with Crippen molar-refractivity contribution < 1.29 is 0 Å². The lowest BCUT2D eigenvalue weighted by Gasteiger charge is -2.36. The Balaban J connectivity index is 2.05. The third kappa shape index (κ3) is 2.80. The molecule has 0 aliphatic heterocycles. The normalized spacial score (nSPS) is 18.5. The number of H-pyrrole nitrogens is 1. The van der Waals surface area contributed by atoms with Gasteiger partial charge >= 0.3 is 0 Å². The van der Waals surface area contributed by atoms with Crippen LogP contribution in [0.5, 0.6) is 0 Å². The second kappa shape index (κ2) is 5.65. The minimum absolute atomic E-state index is 0.171. The molecule has 1 heterocycles. The van der Waals surface area contributed by atoms with Crippen LogP contribution in [-0.2, 0) is 0 Å². The maximum Gasteiger partial charge on any atom is 0.276 e. The fourth-order valence-corrected chi connectivity index (χ4v) is 3.36. The Labute approximate surface area is 111 Å². The minimum atomic E-state index is -0.283. The molecule has 5 nitrogen and oxygen atoms in total. The molecule has 2 rings (SSSR count). The number of hydrogen-bond acceptors (Lipinski definition) is 5. The molecule has 0 spiro atoms. The number of thioether (sulfide) groups is 1. The van der Waals surface area contributed by atoms with Gasteiger partial charge in [0.1, 0.15) is 5.69 Å². The number of anilines is 2. The van der Waals surface area contributed by atoms with Gasteiger partial charge in [0.25, 0.3) is 5.56 Å². The van der Waals surface area contributed by atoms with Crippen molar-refractivity contribution in [3.63, 3.8) is 0 Å². The van der Waals surface area contributed by atoms with Crippen LogP contribution in [0.1, 0.15) is 32.1 Å². The highest BCUT2D eigenvalue weighted by Crippen LogP contribution is 2.38. The number of nitrogens with one attached hydrogen (secondary N) is 2. The molecule has 0 atom stereocenters. The number of aromatic nitrogens is 2. The number of nitrogens with two attached hydrogens (primary N) is 1. The van der Waals surface area contributed by atoms with Crippen LogP contribution in [0, 0.1) is 0 Å². The number of rotatable bonds is 4. The maximum atomic E-state index is 11.4. The zero-order chi connectivity index (χ0) is 13.0. The second-order valence-electron chi connectivity index (χ2n) is 4.80. The highest BCUT2D eigenvalue weighted by Gasteiger charge is 2.31. The summed E-state index contributed by atoms with van der Waals surface area (Å²) in [5, 5.41) is 3.24. The summed E-state index contributed by atoms with van der Waals surface area (Å²) in [6.45, 7) is 0.814. The number of aromatic amines is 1. The van der Waals surface area contributed by atoms with E-state index in [2.05, 4.69) is 21.5 Å². The van der Waals surface area contributed by atoms with Crippen LogP contribution < -0.4 is 16.6 Å². The lowest BCUT2D eigenvalue weighted by molar-refractivity contribution is 0.411. The van der Waals surface area contributed by atoms with Crippen molar-refractivity contribution in [2.45, 2.75) is 36.9 Å². The van der Waals surface area contributed by atoms with E-state index in [4.69, 9.17) is 5.73 Å². The zero-order valence-electron chi connectivity index (χ0n) is 10.7. The topological polar surface area (TPSA) is 83.8 Å². The molecule has 4 N–H and O–H groups in total. The molecule has 6 heteroatoms. The number of nitrogens with zero attached hydrogens (tertiary/aromatic N) is 1. The monoisotopic (exact) mass is 268 g/mol. The minimum Gasteiger partial charge on any atom is -0.391 e. The molecule has 1 aromatic heterocycles. The van der Waals surface area contributed by atoms with Crippen LogP contribution in [0.4, 0.5) is 11.5 Å². The van der Waals surface area contributed by atoms with Crippen molar-refractivity contribution >= 4 is 23.3 Å². The van der Waals surface area contributed by atoms with Gasteiger partial charge in [-0.05, 0) is 19.1 Å². The van der Waals surface area contributed by atoms with Gasteiger partial charge in [0.15, 0.2) is 5.82 Å². The van der Waals surface area contributed by atoms with Gasteiger partial charge in [-0.2, -0.15) is 11.8 Å². The summed E-state index contributed by atoms with van der Waals surface area (Å²) in [7, 11) is 0. The summed E-state index contributed by atoms with van der Waals surface area (Å²) >= 11 is 1.91. The van der Waals surface area contributed by atoms with Gasteiger partial charge in [0, 0.05) is 11.3 Å². The highest BCUT2D eigenvalue weighted by molar-refractivity contribution is 8.00. The van der Waals surface area contributed by atoms with Gasteiger partial charge < -0.3 is 16.0 Å². The molecule has 1 fully saturated rings. The summed E-state index contributed by atoms with van der Waals surface area (Å²) in [6, 6.07) is 0. The molecule has 1 saturated carbocycles. The lowest BCUT2D eigenvalue weighted by Crippen LogP contribution is -2.36. The van der Waals surface area contributed by atoms with E-state index in [1.165, 1.54) is 38.4 Å². The molecule has 0 radical (unpaired) electrons. The Hall–Kier alpha value is -1.17. The molecule has 1 aliphatic carbocycles. The van der Waals surface area contributed by atoms with Crippen molar-refractivity contribution in [3.8, 4) is 0 Å². The van der Waals surface area contributed by atoms with E-state index in [0.29, 0.717) is 5.82 Å². The molecule has 0 unspecified atom stereocenters. The first-order chi connectivity index (χ1) is 8.67. The molecule has 0 saturated heterocycles. The number of hydrogen-bond donors (Lipinski definition) is 3. The Morgan fingerprint density at radius 3 is 2.89 bits per heavy atom. The largest absolute Gasteiger partial charge is 0.391 e. The van der Waals surface area contributed by atoms with Crippen molar-refractivity contribution in [1.82, 2.24) is 9.97 Å². The Morgan fingerprint density at radius 1 is 1.50 bits per heavy atom. The van der Waals surface area contributed by atoms with Gasteiger partial charge in [-0.15, -0.1) is 0 Å². The summed E-state index contributed by atoms with van der Waals surface area (Å²) < 4.78 is 0.259. The molecular formula is C12H20N4OS. The zero-order valence-corrected chi connectivity index (χ0v) is 11.5. The predicted octanol–water partition coefficient (Wildman–Crippen LogP) is 1.83. The van der Waals surface area contributed by atoms with Gasteiger partial charge in [0.05, 0.1) is 6.33 Å². The smallest absolute Gasteiger partial charge is 0.276 e. The first-order valence-electron chi connectivity index (χ1n) is 6.29. The molecule has 0 aromatic carbocycles. The van der Waals surface area contributed by atoms with Crippen molar-refractivity contribution in [2.75, 3.05) is 23.9 Å². The Morgan fingerprint density at radius 2 is 2.22 bits per heavy atom. The summed E-state index contributed by atoms with van der Waals surface area (Å²) in [6.07, 6.45) is 9.85. The van der Waals surface area contributed by atoms with E-state index in [1.54, 1.807) is 0 Å². The average molecular weight is 268 g/mol. The number of nitrogen functional groups attached to an aromatic ring is 1. The van der Waals surface area contributed by atoms with E-state index < -0.39 is 0 Å². The van der Waals surface area contributed by atoms with Gasteiger partial charge in [-0.1, -0.05) is 19.3 Å². The molecule has 1 aliphatic rings. The summed E-state index contributed by atoms with van der Waals surface area (Å²) in [4.78, 5) is 17.9. The van der Waals surface area contributed by atoms with Gasteiger partial charge in [-0.25, -0.2) is 4.98 Å². The molecule has 18 heavy (non-hydrogen) atoms. The SMILES string of the molecule is CSC1(CNc2nc[nH]c(=O)c2N)CCCCC1. The van der Waals surface area contributed by atoms with Crippen LogP contribution in [0.3, 0.4) is 0 Å². The van der Waals surface area contributed by atoms with E-state index in [9.17, 15) is 4.79 Å². The van der Waals surface area contributed by atoms with Crippen molar-refractivity contribution in [3.05, 3.63) is 16.7 Å². The predicted molar refractivity (Wildman–Crippen MR) is 77.1 cm³/mol. The highest BCUT2D eigenvalue weighted by atomic mass is 32.2. The lowest BCUT2D eigenvalue weighted by atomic mass is 9.88. The fraction of sp³-hybridized carbons (Fsp3) is 0.667.